The zero-order valence-corrected chi connectivity index (χ0v) is 23.6. The maximum absolute atomic E-state index is 14.6. The molecule has 0 radical (unpaired) electrons. The van der Waals surface area contributed by atoms with Gasteiger partial charge in [-0.05, 0) is 67.5 Å². The minimum Gasteiger partial charge on any atom is -0.395 e. The van der Waals surface area contributed by atoms with Gasteiger partial charge in [-0.2, -0.15) is 0 Å². The van der Waals surface area contributed by atoms with E-state index in [1.807, 2.05) is 10.6 Å². The van der Waals surface area contributed by atoms with Crippen LogP contribution in [0.5, 0.6) is 0 Å². The van der Waals surface area contributed by atoms with E-state index in [0.717, 1.165) is 31.4 Å². The van der Waals surface area contributed by atoms with E-state index < -0.39 is 34.4 Å². The summed E-state index contributed by atoms with van der Waals surface area (Å²) >= 11 is 0. The van der Waals surface area contributed by atoms with Crippen molar-refractivity contribution in [2.45, 2.75) is 50.7 Å². The van der Waals surface area contributed by atoms with Crippen molar-refractivity contribution in [3.63, 3.8) is 0 Å². The van der Waals surface area contributed by atoms with Crippen molar-refractivity contribution in [3.05, 3.63) is 53.7 Å². The lowest BCUT2D eigenvalue weighted by Gasteiger charge is -2.35. The van der Waals surface area contributed by atoms with Gasteiger partial charge in [0.2, 0.25) is 10.0 Å². The molecule has 3 heterocycles. The maximum Gasteiger partial charge on any atom is 0.280 e. The van der Waals surface area contributed by atoms with Crippen molar-refractivity contribution in [2.75, 3.05) is 47.5 Å². The number of sulfonamides is 1. The minimum absolute atomic E-state index is 0.136. The standard InChI is InChI=1S/C29H34F2N4O5S/c1-40-26-25-18-21-22(3-2-4-23(21)35(25)14-11-29(26,30)31)32-27(37)20-6-5-19(33-41(38,39)16-15-36)17-24(20)34-12-9-28(7-8-28)10-13-34/h2-6,17-18,26,33,36H,7-16H2,1H3,(H,32,37). The normalized spacial score (nSPS) is 21.1. The van der Waals surface area contributed by atoms with Crippen molar-refractivity contribution < 1.29 is 31.8 Å². The monoisotopic (exact) mass is 588 g/mol. The summed E-state index contributed by atoms with van der Waals surface area (Å²) < 4.78 is 63.3. The molecule has 12 heteroatoms. The van der Waals surface area contributed by atoms with Gasteiger partial charge in [-0.1, -0.05) is 6.07 Å². The minimum atomic E-state index is -3.75. The SMILES string of the molecule is COC1c2cc3c(NC(=O)c4ccc(NS(=O)(=O)CCO)cc4N4CCC5(CC4)CC5)cccc3n2CCC1(F)F. The Morgan fingerprint density at radius 3 is 2.51 bits per heavy atom. The number of methoxy groups -OCH3 is 1. The Labute approximate surface area is 237 Å². The number of nitrogens with one attached hydrogen (secondary N) is 2. The summed E-state index contributed by atoms with van der Waals surface area (Å²) in [6, 6.07) is 11.8. The molecule has 1 aliphatic carbocycles. The highest BCUT2D eigenvalue weighted by molar-refractivity contribution is 7.92. The number of carbonyl (C=O) groups excluding carboxylic acids is 1. The summed E-state index contributed by atoms with van der Waals surface area (Å²) in [4.78, 5) is 15.9. The lowest BCUT2D eigenvalue weighted by atomic mass is 9.93. The predicted molar refractivity (Wildman–Crippen MR) is 153 cm³/mol. The number of anilines is 3. The summed E-state index contributed by atoms with van der Waals surface area (Å²) in [5.74, 6) is -3.81. The van der Waals surface area contributed by atoms with Gasteiger partial charge in [0.05, 0.1) is 46.2 Å². The first kappa shape index (κ1) is 27.9. The molecule has 41 heavy (non-hydrogen) atoms. The zero-order valence-electron chi connectivity index (χ0n) is 22.8. The van der Waals surface area contributed by atoms with Crippen molar-refractivity contribution in [1.29, 1.82) is 0 Å². The van der Waals surface area contributed by atoms with Crippen LogP contribution in [-0.2, 0) is 21.3 Å². The van der Waals surface area contributed by atoms with Crippen LogP contribution < -0.4 is 14.9 Å². The summed E-state index contributed by atoms with van der Waals surface area (Å²) in [7, 11) is -2.48. The highest BCUT2D eigenvalue weighted by Crippen LogP contribution is 2.54. The number of piperidine rings is 1. The second-order valence-corrected chi connectivity index (χ2v) is 13.2. The Kier molecular flexibility index (Phi) is 6.98. The number of rotatable bonds is 8. The predicted octanol–water partition coefficient (Wildman–Crippen LogP) is 4.73. The number of carbonyl (C=O) groups is 1. The van der Waals surface area contributed by atoms with Crippen molar-refractivity contribution in [2.24, 2.45) is 5.41 Å². The molecule has 6 rings (SSSR count). The number of aliphatic hydroxyl groups is 1. The molecule has 3 N–H and O–H groups in total. The van der Waals surface area contributed by atoms with Crippen molar-refractivity contribution in [3.8, 4) is 0 Å². The number of aliphatic hydroxyl groups excluding tert-OH is 1. The summed E-state index contributed by atoms with van der Waals surface area (Å²) in [6.45, 7) is 1.13. The van der Waals surface area contributed by atoms with Crippen LogP contribution in [-0.4, -0.2) is 62.5 Å². The number of benzene rings is 2. The fourth-order valence-electron chi connectivity index (χ4n) is 6.27. The number of aryl methyl sites for hydroxylation is 1. The first-order chi connectivity index (χ1) is 19.5. The quantitative estimate of drug-likeness (QED) is 0.351. The Morgan fingerprint density at radius 2 is 1.83 bits per heavy atom. The van der Waals surface area contributed by atoms with Gasteiger partial charge < -0.3 is 24.6 Å². The van der Waals surface area contributed by atoms with Crippen LogP contribution in [0.15, 0.2) is 42.5 Å². The van der Waals surface area contributed by atoms with E-state index in [0.29, 0.717) is 39.1 Å². The molecule has 9 nitrogen and oxygen atoms in total. The molecule has 1 unspecified atom stereocenters. The highest BCUT2D eigenvalue weighted by atomic mass is 32.2. The molecular formula is C29H34F2N4O5S. The van der Waals surface area contributed by atoms with Gasteiger partial charge in [-0.3, -0.25) is 9.52 Å². The van der Waals surface area contributed by atoms with Gasteiger partial charge in [-0.15, -0.1) is 0 Å². The van der Waals surface area contributed by atoms with E-state index in [1.165, 1.54) is 26.0 Å². The van der Waals surface area contributed by atoms with Gasteiger partial charge in [0.25, 0.3) is 11.8 Å². The third-order valence-corrected chi connectivity index (χ3v) is 10.0. The van der Waals surface area contributed by atoms with Crippen LogP contribution in [0.2, 0.25) is 0 Å². The molecule has 3 aromatic rings. The maximum atomic E-state index is 14.6. The lowest BCUT2D eigenvalue weighted by molar-refractivity contribution is -0.145. The fraction of sp³-hybridized carbons (Fsp3) is 0.483. The average Bonchev–Trinajstić information content (AvgIpc) is 3.57. The molecule has 220 valence electrons. The van der Waals surface area contributed by atoms with Crippen LogP contribution in [0.3, 0.4) is 0 Å². The van der Waals surface area contributed by atoms with E-state index in [2.05, 4.69) is 14.9 Å². The molecule has 0 bridgehead atoms. The third-order valence-electron chi connectivity index (χ3n) is 8.78. The van der Waals surface area contributed by atoms with Crippen LogP contribution in [0.1, 0.15) is 54.3 Å². The molecule has 1 aromatic heterocycles. The van der Waals surface area contributed by atoms with Crippen LogP contribution in [0.4, 0.5) is 25.8 Å². The lowest BCUT2D eigenvalue weighted by Crippen LogP contribution is -2.35. The van der Waals surface area contributed by atoms with Gasteiger partial charge in [-0.25, -0.2) is 17.2 Å². The smallest absolute Gasteiger partial charge is 0.280 e. The topological polar surface area (TPSA) is 113 Å². The molecule has 2 fully saturated rings. The molecular weight excluding hydrogens is 554 g/mol. The van der Waals surface area contributed by atoms with Gasteiger partial charge in [0, 0.05) is 38.6 Å². The van der Waals surface area contributed by atoms with E-state index in [9.17, 15) is 22.0 Å². The molecule has 1 atom stereocenters. The largest absolute Gasteiger partial charge is 0.395 e. The Hall–Kier alpha value is -3.22. The van der Waals surface area contributed by atoms with Gasteiger partial charge in [0.15, 0.2) is 6.10 Å². The molecule has 1 saturated heterocycles. The van der Waals surface area contributed by atoms with Crippen LogP contribution >= 0.6 is 0 Å². The van der Waals surface area contributed by atoms with Gasteiger partial charge in [0.1, 0.15) is 0 Å². The summed E-state index contributed by atoms with van der Waals surface area (Å²) in [5.41, 5.74) is 3.29. The summed E-state index contributed by atoms with van der Waals surface area (Å²) in [6.07, 6.45) is 2.74. The number of hydrogen-bond donors (Lipinski definition) is 3. The fourth-order valence-corrected chi connectivity index (χ4v) is 7.10. The number of halogens is 2. The number of amides is 1. The number of ether oxygens (including phenoxy) is 1. The Bertz CT molecular complexity index is 1590. The van der Waals surface area contributed by atoms with E-state index in [1.54, 1.807) is 30.3 Å². The highest BCUT2D eigenvalue weighted by Gasteiger charge is 2.46. The zero-order chi connectivity index (χ0) is 29.0. The molecule has 1 spiro atoms. The Morgan fingerprint density at radius 1 is 1.07 bits per heavy atom. The number of alkyl halides is 2. The van der Waals surface area contributed by atoms with E-state index in [-0.39, 0.29) is 18.9 Å². The average molecular weight is 589 g/mol. The Balaban J connectivity index is 1.33. The second-order valence-electron chi connectivity index (χ2n) is 11.4. The molecule has 1 saturated carbocycles. The number of hydrogen-bond acceptors (Lipinski definition) is 6. The van der Waals surface area contributed by atoms with Crippen molar-refractivity contribution >= 4 is 43.9 Å². The van der Waals surface area contributed by atoms with E-state index >= 15 is 0 Å². The third kappa shape index (κ3) is 5.28. The van der Waals surface area contributed by atoms with Crippen LogP contribution in [0, 0.1) is 5.41 Å². The molecule has 3 aliphatic rings. The molecule has 2 aliphatic heterocycles. The molecule has 2 aromatic carbocycles. The van der Waals surface area contributed by atoms with Crippen molar-refractivity contribution in [1.82, 2.24) is 4.57 Å². The second kappa shape index (κ2) is 10.2. The molecule has 1 amide bonds. The summed E-state index contributed by atoms with van der Waals surface area (Å²) in [5, 5.41) is 12.7. The van der Waals surface area contributed by atoms with Gasteiger partial charge >= 0.3 is 0 Å². The van der Waals surface area contributed by atoms with Crippen LogP contribution in [0.25, 0.3) is 10.9 Å². The number of aromatic nitrogens is 1. The number of fused-ring (bicyclic) bond motifs is 3. The van der Waals surface area contributed by atoms with E-state index in [4.69, 9.17) is 9.84 Å². The first-order valence-corrected chi connectivity index (χ1v) is 15.5. The number of nitrogens with zero attached hydrogens (tertiary/aromatic N) is 2. The first-order valence-electron chi connectivity index (χ1n) is 13.9.